The molecule has 0 radical (unpaired) electrons. The molecular weight excluding hydrogens is 164 g/mol. The molecule has 0 aliphatic carbocycles. The molecule has 1 aromatic heterocycles. The van der Waals surface area contributed by atoms with Crippen LogP contribution < -0.4 is 0 Å². The van der Waals surface area contributed by atoms with E-state index in [1.807, 2.05) is 0 Å². The minimum atomic E-state index is -0.737. The zero-order valence-electron chi connectivity index (χ0n) is 6.31. The largest absolute Gasteiger partial charge is 0.456 e. The van der Waals surface area contributed by atoms with Crippen molar-refractivity contribution in [3.63, 3.8) is 0 Å². The van der Waals surface area contributed by atoms with Crippen LogP contribution in [-0.2, 0) is 0 Å². The van der Waals surface area contributed by atoms with Gasteiger partial charge in [0.2, 0.25) is 0 Å². The quantitative estimate of drug-likeness (QED) is 0.386. The second-order valence-corrected chi connectivity index (χ2v) is 2.08. The van der Waals surface area contributed by atoms with Crippen molar-refractivity contribution in [3.8, 4) is 0 Å². The van der Waals surface area contributed by atoms with Gasteiger partial charge in [0, 0.05) is 6.42 Å². The lowest BCUT2D eigenvalue weighted by Crippen LogP contribution is -1.95. The number of aromatic nitrogens is 1. The number of rotatable bonds is 3. The fourth-order valence-electron chi connectivity index (χ4n) is 0.664. The molecule has 0 saturated carbocycles. The summed E-state index contributed by atoms with van der Waals surface area (Å²) in [7, 11) is 0. The number of carbonyl (C=O) groups excluding carboxylic acids is 1. The van der Waals surface area contributed by atoms with Crippen molar-refractivity contribution in [2.75, 3.05) is 0 Å². The van der Waals surface area contributed by atoms with Crippen LogP contribution >= 0.6 is 0 Å². The maximum absolute atomic E-state index is 10.9. The van der Waals surface area contributed by atoms with Crippen LogP contribution in [0.4, 0.5) is 5.88 Å². The summed E-state index contributed by atoms with van der Waals surface area (Å²) in [6.07, 6.45) is 0.254. The lowest BCUT2D eigenvalue weighted by Gasteiger charge is -1.83. The van der Waals surface area contributed by atoms with Gasteiger partial charge in [-0.2, -0.15) is 0 Å². The van der Waals surface area contributed by atoms with Crippen LogP contribution in [0.15, 0.2) is 10.6 Å². The van der Waals surface area contributed by atoms with Gasteiger partial charge in [0.15, 0.2) is 11.5 Å². The summed E-state index contributed by atoms with van der Waals surface area (Å²) in [6.45, 7) is 1.64. The molecule has 0 spiro atoms. The van der Waals surface area contributed by atoms with Crippen LogP contribution in [0, 0.1) is 10.1 Å². The zero-order valence-corrected chi connectivity index (χ0v) is 6.31. The highest BCUT2D eigenvalue weighted by molar-refractivity contribution is 5.94. The minimum absolute atomic E-state index is 0.00389. The van der Waals surface area contributed by atoms with Gasteiger partial charge >= 0.3 is 5.88 Å². The van der Waals surface area contributed by atoms with E-state index in [1.54, 1.807) is 6.92 Å². The molecule has 6 heteroatoms. The molecule has 1 rings (SSSR count). The molecule has 0 N–H and O–H groups in total. The van der Waals surface area contributed by atoms with E-state index in [0.717, 1.165) is 6.07 Å². The predicted octanol–water partition coefficient (Wildman–Crippen LogP) is 1.18. The zero-order chi connectivity index (χ0) is 9.14. The number of hydrogen-bond acceptors (Lipinski definition) is 5. The number of nitrogens with zero attached hydrogens (tertiary/aromatic N) is 2. The highest BCUT2D eigenvalue weighted by Crippen LogP contribution is 2.12. The van der Waals surface area contributed by atoms with Gasteiger partial charge in [-0.05, 0) is 0 Å². The van der Waals surface area contributed by atoms with Crippen molar-refractivity contribution in [2.45, 2.75) is 13.3 Å². The molecule has 12 heavy (non-hydrogen) atoms. The van der Waals surface area contributed by atoms with Gasteiger partial charge in [-0.3, -0.25) is 19.4 Å². The Balaban J connectivity index is 2.91. The monoisotopic (exact) mass is 170 g/mol. The van der Waals surface area contributed by atoms with Crippen molar-refractivity contribution in [1.29, 1.82) is 0 Å². The molecule has 1 heterocycles. The Morgan fingerprint density at radius 1 is 1.83 bits per heavy atom. The minimum Gasteiger partial charge on any atom is -0.292 e. The smallest absolute Gasteiger partial charge is 0.292 e. The van der Waals surface area contributed by atoms with Crippen LogP contribution in [0.1, 0.15) is 23.8 Å². The fraction of sp³-hybridized carbons (Fsp3) is 0.333. The average molecular weight is 170 g/mol. The molecular formula is C6H6N2O4. The number of ketones is 1. The molecule has 0 aliphatic rings. The Morgan fingerprint density at radius 3 is 2.92 bits per heavy atom. The third kappa shape index (κ3) is 1.47. The molecule has 6 nitrogen and oxygen atoms in total. The maximum Gasteiger partial charge on any atom is 0.456 e. The summed E-state index contributed by atoms with van der Waals surface area (Å²) in [4.78, 5) is 20.3. The summed E-state index contributed by atoms with van der Waals surface area (Å²) < 4.78 is 4.28. The molecule has 0 aliphatic heterocycles. The van der Waals surface area contributed by atoms with Crippen LogP contribution in [0.5, 0.6) is 0 Å². The molecule has 0 bridgehead atoms. The highest BCUT2D eigenvalue weighted by atomic mass is 16.7. The average Bonchev–Trinajstić information content (AvgIpc) is 2.51. The van der Waals surface area contributed by atoms with E-state index in [2.05, 4.69) is 9.68 Å². The Labute approximate surface area is 67.3 Å². The third-order valence-corrected chi connectivity index (χ3v) is 1.28. The standard InChI is InChI=1S/C6H6N2O4/c1-2-5(9)4-3-6(8(10)11)12-7-4/h3H,2H2,1H3. The van der Waals surface area contributed by atoms with E-state index in [-0.39, 0.29) is 17.9 Å². The van der Waals surface area contributed by atoms with Gasteiger partial charge in [-0.1, -0.05) is 12.1 Å². The number of nitro groups is 1. The van der Waals surface area contributed by atoms with Crippen LogP contribution in [0.2, 0.25) is 0 Å². The molecule has 0 saturated heterocycles. The molecule has 0 atom stereocenters. The first-order valence-electron chi connectivity index (χ1n) is 3.29. The number of Topliss-reactive ketones (excluding diaryl/α,β-unsaturated/α-hetero) is 1. The van der Waals surface area contributed by atoms with Gasteiger partial charge in [0.05, 0.1) is 6.07 Å². The molecule has 0 unspecified atom stereocenters. The van der Waals surface area contributed by atoms with E-state index in [4.69, 9.17) is 0 Å². The van der Waals surface area contributed by atoms with E-state index in [0.29, 0.717) is 0 Å². The van der Waals surface area contributed by atoms with E-state index in [9.17, 15) is 14.9 Å². The first-order valence-corrected chi connectivity index (χ1v) is 3.29. The number of hydrogen-bond donors (Lipinski definition) is 0. The normalized spacial score (nSPS) is 9.75. The lowest BCUT2D eigenvalue weighted by atomic mass is 10.2. The Hall–Kier alpha value is -1.72. The van der Waals surface area contributed by atoms with Crippen molar-refractivity contribution >= 4 is 11.7 Å². The van der Waals surface area contributed by atoms with Crippen LogP contribution in [-0.4, -0.2) is 15.9 Å². The van der Waals surface area contributed by atoms with Crippen molar-refractivity contribution in [2.24, 2.45) is 0 Å². The predicted molar refractivity (Wildman–Crippen MR) is 37.8 cm³/mol. The van der Waals surface area contributed by atoms with Crippen molar-refractivity contribution in [3.05, 3.63) is 21.9 Å². The van der Waals surface area contributed by atoms with E-state index >= 15 is 0 Å². The summed E-state index contributed by atoms with van der Waals surface area (Å²) in [5, 5.41) is 13.3. The highest BCUT2D eigenvalue weighted by Gasteiger charge is 2.17. The Bertz CT molecular complexity index is 317. The third-order valence-electron chi connectivity index (χ3n) is 1.28. The van der Waals surface area contributed by atoms with E-state index < -0.39 is 10.8 Å². The molecule has 64 valence electrons. The second-order valence-electron chi connectivity index (χ2n) is 2.08. The summed E-state index contributed by atoms with van der Waals surface area (Å²) in [5.41, 5.74) is 0.00389. The lowest BCUT2D eigenvalue weighted by molar-refractivity contribution is -0.404. The van der Waals surface area contributed by atoms with Crippen molar-refractivity contribution in [1.82, 2.24) is 5.16 Å². The first-order chi connectivity index (χ1) is 5.65. The van der Waals surface area contributed by atoms with Crippen LogP contribution in [0.25, 0.3) is 0 Å². The maximum atomic E-state index is 10.9. The Morgan fingerprint density at radius 2 is 2.50 bits per heavy atom. The number of carbonyl (C=O) groups is 1. The molecule has 0 aromatic carbocycles. The van der Waals surface area contributed by atoms with Gasteiger partial charge in [0.25, 0.3) is 0 Å². The first kappa shape index (κ1) is 8.38. The summed E-state index contributed by atoms with van der Waals surface area (Å²) in [6, 6.07) is 1.02. The van der Waals surface area contributed by atoms with Gasteiger partial charge in [0.1, 0.15) is 4.92 Å². The van der Waals surface area contributed by atoms with Crippen molar-refractivity contribution < 1.29 is 14.2 Å². The van der Waals surface area contributed by atoms with Crippen LogP contribution in [0.3, 0.4) is 0 Å². The van der Waals surface area contributed by atoms with E-state index in [1.165, 1.54) is 0 Å². The topological polar surface area (TPSA) is 86.2 Å². The fourth-order valence-corrected chi connectivity index (χ4v) is 0.664. The Kier molecular flexibility index (Phi) is 2.18. The summed E-state index contributed by atoms with van der Waals surface area (Å²) in [5.74, 6) is -0.779. The molecule has 0 amide bonds. The second kappa shape index (κ2) is 3.12. The SMILES string of the molecule is CCC(=O)c1cc([N+](=O)[O-])on1. The van der Waals surface area contributed by atoms with Gasteiger partial charge in [-0.15, -0.1) is 0 Å². The van der Waals surface area contributed by atoms with Gasteiger partial charge in [-0.25, -0.2) is 0 Å². The molecule has 1 aromatic rings. The van der Waals surface area contributed by atoms with Gasteiger partial charge < -0.3 is 0 Å². The summed E-state index contributed by atoms with van der Waals surface area (Å²) >= 11 is 0. The molecule has 0 fully saturated rings.